The first-order valence-electron chi connectivity index (χ1n) is 5.77. The molecule has 3 N–H and O–H groups in total. The maximum absolute atomic E-state index is 11.6. The van der Waals surface area contributed by atoms with E-state index < -0.39 is 0 Å². The molecule has 0 saturated heterocycles. The van der Waals surface area contributed by atoms with E-state index in [0.717, 1.165) is 18.5 Å². The summed E-state index contributed by atoms with van der Waals surface area (Å²) in [6, 6.07) is 7.97. The molecule has 0 bridgehead atoms. The van der Waals surface area contributed by atoms with Crippen molar-refractivity contribution in [1.82, 2.24) is 0 Å². The average molecular weight is 220 g/mol. The second-order valence-electron chi connectivity index (χ2n) is 4.07. The van der Waals surface area contributed by atoms with Gasteiger partial charge in [-0.2, -0.15) is 0 Å². The number of rotatable bonds is 5. The van der Waals surface area contributed by atoms with E-state index in [1.807, 2.05) is 31.2 Å². The molecule has 0 aliphatic carbocycles. The summed E-state index contributed by atoms with van der Waals surface area (Å²) < 4.78 is 0. The molecule has 0 aliphatic rings. The molecule has 0 fully saturated rings. The van der Waals surface area contributed by atoms with Gasteiger partial charge in [0, 0.05) is 18.2 Å². The van der Waals surface area contributed by atoms with Crippen LogP contribution in [0.2, 0.25) is 0 Å². The van der Waals surface area contributed by atoms with E-state index in [2.05, 4.69) is 12.2 Å². The second kappa shape index (κ2) is 6.28. The van der Waals surface area contributed by atoms with Gasteiger partial charge in [0.15, 0.2) is 0 Å². The molecule has 3 nitrogen and oxygen atoms in total. The molecule has 16 heavy (non-hydrogen) atoms. The molecule has 1 aromatic carbocycles. The van der Waals surface area contributed by atoms with Crippen LogP contribution in [0.3, 0.4) is 0 Å². The molecule has 0 spiro atoms. The van der Waals surface area contributed by atoms with Gasteiger partial charge in [-0.1, -0.05) is 32.4 Å². The maximum atomic E-state index is 11.6. The molecule has 0 radical (unpaired) electrons. The first-order chi connectivity index (χ1) is 7.67. The fraction of sp³-hybridized carbons (Fsp3) is 0.462. The van der Waals surface area contributed by atoms with E-state index in [-0.39, 0.29) is 11.8 Å². The molecular weight excluding hydrogens is 200 g/mol. The Balaban J connectivity index is 2.58. The normalized spacial score (nSPS) is 12.2. The minimum Gasteiger partial charge on any atom is -0.330 e. The van der Waals surface area contributed by atoms with Gasteiger partial charge in [-0.15, -0.1) is 0 Å². The lowest BCUT2D eigenvalue weighted by molar-refractivity contribution is -0.119. The number of anilines is 1. The van der Waals surface area contributed by atoms with Crippen LogP contribution in [0.25, 0.3) is 0 Å². The molecule has 0 aromatic heterocycles. The number of nitrogens with one attached hydrogen (secondary N) is 1. The SMILES string of the molecule is CCCc1ccc(NC(=O)C(C)CN)cc1. The lowest BCUT2D eigenvalue weighted by Gasteiger charge is -2.10. The van der Waals surface area contributed by atoms with Gasteiger partial charge in [0.1, 0.15) is 0 Å². The molecule has 0 heterocycles. The van der Waals surface area contributed by atoms with Crippen molar-refractivity contribution in [3.8, 4) is 0 Å². The van der Waals surface area contributed by atoms with Crippen LogP contribution < -0.4 is 11.1 Å². The van der Waals surface area contributed by atoms with Gasteiger partial charge in [0.25, 0.3) is 0 Å². The van der Waals surface area contributed by atoms with Crippen molar-refractivity contribution < 1.29 is 4.79 Å². The zero-order valence-corrected chi connectivity index (χ0v) is 9.99. The molecule has 1 atom stereocenters. The summed E-state index contributed by atoms with van der Waals surface area (Å²) in [7, 11) is 0. The Hall–Kier alpha value is -1.35. The summed E-state index contributed by atoms with van der Waals surface area (Å²) in [5.74, 6) is -0.166. The molecule has 1 unspecified atom stereocenters. The highest BCUT2D eigenvalue weighted by molar-refractivity contribution is 5.92. The molecule has 1 aromatic rings. The summed E-state index contributed by atoms with van der Waals surface area (Å²) in [4.78, 5) is 11.6. The van der Waals surface area contributed by atoms with Crippen LogP contribution in [0.15, 0.2) is 24.3 Å². The second-order valence-corrected chi connectivity index (χ2v) is 4.07. The fourth-order valence-electron chi connectivity index (χ4n) is 1.42. The first-order valence-corrected chi connectivity index (χ1v) is 5.77. The number of nitrogens with two attached hydrogens (primary N) is 1. The monoisotopic (exact) mass is 220 g/mol. The number of hydrogen-bond acceptors (Lipinski definition) is 2. The molecule has 88 valence electrons. The minimum atomic E-state index is -0.143. The highest BCUT2D eigenvalue weighted by Crippen LogP contribution is 2.11. The third-order valence-corrected chi connectivity index (χ3v) is 2.56. The lowest BCUT2D eigenvalue weighted by Crippen LogP contribution is -2.26. The van der Waals surface area contributed by atoms with Crippen molar-refractivity contribution in [3.05, 3.63) is 29.8 Å². The molecule has 3 heteroatoms. The van der Waals surface area contributed by atoms with Crippen LogP contribution >= 0.6 is 0 Å². The van der Waals surface area contributed by atoms with Crippen molar-refractivity contribution in [2.45, 2.75) is 26.7 Å². The Labute approximate surface area is 97.0 Å². The van der Waals surface area contributed by atoms with Gasteiger partial charge in [-0.25, -0.2) is 0 Å². The van der Waals surface area contributed by atoms with Crippen LogP contribution in [0.4, 0.5) is 5.69 Å². The molecule has 1 rings (SSSR count). The standard InChI is InChI=1S/C13H20N2O/c1-3-4-11-5-7-12(8-6-11)15-13(16)10(2)9-14/h5-8,10H,3-4,9,14H2,1-2H3,(H,15,16). The van der Waals surface area contributed by atoms with Crippen molar-refractivity contribution in [1.29, 1.82) is 0 Å². The first kappa shape index (κ1) is 12.7. The number of aryl methyl sites for hydroxylation is 1. The Morgan fingerprint density at radius 1 is 1.38 bits per heavy atom. The van der Waals surface area contributed by atoms with Gasteiger partial charge >= 0.3 is 0 Å². The summed E-state index contributed by atoms with van der Waals surface area (Å²) in [6.45, 7) is 4.35. The Morgan fingerprint density at radius 2 is 2.00 bits per heavy atom. The smallest absolute Gasteiger partial charge is 0.228 e. The van der Waals surface area contributed by atoms with E-state index in [4.69, 9.17) is 5.73 Å². The Kier molecular flexibility index (Phi) is 4.99. The number of amides is 1. The predicted octanol–water partition coefficient (Wildman–Crippen LogP) is 2.17. The molecule has 0 aliphatic heterocycles. The average Bonchev–Trinajstić information content (AvgIpc) is 2.31. The number of carbonyl (C=O) groups is 1. The van der Waals surface area contributed by atoms with Crippen molar-refractivity contribution in [2.75, 3.05) is 11.9 Å². The zero-order valence-electron chi connectivity index (χ0n) is 9.99. The highest BCUT2D eigenvalue weighted by atomic mass is 16.1. The number of carbonyl (C=O) groups excluding carboxylic acids is 1. The van der Waals surface area contributed by atoms with Gasteiger partial charge in [0.2, 0.25) is 5.91 Å². The quantitative estimate of drug-likeness (QED) is 0.799. The molecule has 1 amide bonds. The van der Waals surface area contributed by atoms with Gasteiger partial charge in [-0.3, -0.25) is 4.79 Å². The number of hydrogen-bond donors (Lipinski definition) is 2. The Bertz CT molecular complexity index is 332. The van der Waals surface area contributed by atoms with E-state index in [9.17, 15) is 4.79 Å². The van der Waals surface area contributed by atoms with Crippen molar-refractivity contribution in [3.63, 3.8) is 0 Å². The van der Waals surface area contributed by atoms with E-state index in [1.165, 1.54) is 5.56 Å². The van der Waals surface area contributed by atoms with Crippen LogP contribution in [0.1, 0.15) is 25.8 Å². The van der Waals surface area contributed by atoms with Gasteiger partial charge in [-0.05, 0) is 24.1 Å². The summed E-state index contributed by atoms with van der Waals surface area (Å²) in [5, 5.41) is 2.84. The van der Waals surface area contributed by atoms with Gasteiger partial charge in [0.05, 0.1) is 0 Å². The van der Waals surface area contributed by atoms with E-state index in [1.54, 1.807) is 0 Å². The summed E-state index contributed by atoms with van der Waals surface area (Å²) >= 11 is 0. The fourth-order valence-corrected chi connectivity index (χ4v) is 1.42. The Morgan fingerprint density at radius 3 is 2.50 bits per heavy atom. The molecular formula is C13H20N2O. The van der Waals surface area contributed by atoms with Crippen LogP contribution in [-0.4, -0.2) is 12.5 Å². The van der Waals surface area contributed by atoms with Crippen LogP contribution in [0, 0.1) is 5.92 Å². The van der Waals surface area contributed by atoms with E-state index in [0.29, 0.717) is 6.54 Å². The third-order valence-electron chi connectivity index (χ3n) is 2.56. The third kappa shape index (κ3) is 3.66. The zero-order chi connectivity index (χ0) is 12.0. The maximum Gasteiger partial charge on any atom is 0.228 e. The van der Waals surface area contributed by atoms with Crippen LogP contribution in [0.5, 0.6) is 0 Å². The largest absolute Gasteiger partial charge is 0.330 e. The van der Waals surface area contributed by atoms with E-state index >= 15 is 0 Å². The predicted molar refractivity (Wildman–Crippen MR) is 67.3 cm³/mol. The topological polar surface area (TPSA) is 55.1 Å². The highest BCUT2D eigenvalue weighted by Gasteiger charge is 2.10. The van der Waals surface area contributed by atoms with Crippen molar-refractivity contribution in [2.24, 2.45) is 11.7 Å². The molecule has 0 saturated carbocycles. The van der Waals surface area contributed by atoms with Crippen LogP contribution in [-0.2, 0) is 11.2 Å². The number of benzene rings is 1. The minimum absolute atomic E-state index is 0.0225. The van der Waals surface area contributed by atoms with Crippen molar-refractivity contribution >= 4 is 11.6 Å². The van der Waals surface area contributed by atoms with Gasteiger partial charge < -0.3 is 11.1 Å². The summed E-state index contributed by atoms with van der Waals surface area (Å²) in [5.41, 5.74) is 7.57. The summed E-state index contributed by atoms with van der Waals surface area (Å²) in [6.07, 6.45) is 2.21. The lowest BCUT2D eigenvalue weighted by atomic mass is 10.1.